The molecule has 0 spiro atoms. The fraction of sp³-hybridized carbons (Fsp3) is 0.0714. The summed E-state index contributed by atoms with van der Waals surface area (Å²) in [6, 6.07) is 11.8. The number of sulfone groups is 1. The van der Waals surface area contributed by atoms with Crippen molar-refractivity contribution in [2.24, 2.45) is 0 Å². The summed E-state index contributed by atoms with van der Waals surface area (Å²) in [4.78, 5) is 15.7. The first-order valence-electron chi connectivity index (χ1n) is 6.50. The molecule has 1 amide bonds. The van der Waals surface area contributed by atoms with Gasteiger partial charge in [0.15, 0.2) is 5.76 Å². The van der Waals surface area contributed by atoms with Crippen LogP contribution in [-0.2, 0) is 15.6 Å². The average molecular weight is 349 g/mol. The molecule has 1 N–H and O–H groups in total. The summed E-state index contributed by atoms with van der Waals surface area (Å²) in [5.74, 6) is -0.608. The van der Waals surface area contributed by atoms with Gasteiger partial charge in [-0.25, -0.2) is 8.42 Å². The van der Waals surface area contributed by atoms with E-state index in [0.29, 0.717) is 5.56 Å². The van der Waals surface area contributed by atoms with E-state index in [4.69, 9.17) is 4.42 Å². The van der Waals surface area contributed by atoms with E-state index in [0.717, 1.165) is 11.5 Å². The minimum Gasteiger partial charge on any atom is -0.459 e. The molecule has 0 aliphatic heterocycles. The second kappa shape index (κ2) is 6.31. The second-order valence-electron chi connectivity index (χ2n) is 4.56. The monoisotopic (exact) mass is 349 g/mol. The van der Waals surface area contributed by atoms with Crippen molar-refractivity contribution in [2.75, 3.05) is 5.32 Å². The maximum absolute atomic E-state index is 12.3. The third-order valence-corrected chi connectivity index (χ3v) is 5.05. The van der Waals surface area contributed by atoms with Crippen LogP contribution in [0.4, 0.5) is 5.13 Å². The smallest absolute Gasteiger partial charge is 0.293 e. The van der Waals surface area contributed by atoms with Crippen LogP contribution in [0.3, 0.4) is 0 Å². The van der Waals surface area contributed by atoms with E-state index >= 15 is 0 Å². The van der Waals surface area contributed by atoms with Crippen LogP contribution in [0.2, 0.25) is 0 Å². The van der Waals surface area contributed by atoms with Crippen LogP contribution in [0.5, 0.6) is 0 Å². The van der Waals surface area contributed by atoms with Crippen molar-refractivity contribution in [3.8, 4) is 0 Å². The number of carbonyl (C=O) groups excluding carboxylic acids is 1. The largest absolute Gasteiger partial charge is 0.459 e. The number of nitrogens with zero attached hydrogens (tertiary/aromatic N) is 2. The molecule has 0 atom stereocenters. The summed E-state index contributed by atoms with van der Waals surface area (Å²) in [7, 11) is -3.67. The Hall–Kier alpha value is -2.52. The highest BCUT2D eigenvalue weighted by molar-refractivity contribution is 7.90. The number of hydrogen-bond donors (Lipinski definition) is 1. The maximum atomic E-state index is 12.3. The summed E-state index contributed by atoms with van der Waals surface area (Å²) in [6.07, 6.45) is 1.37. The van der Waals surface area contributed by atoms with Crippen LogP contribution in [0, 0.1) is 0 Å². The van der Waals surface area contributed by atoms with E-state index in [2.05, 4.69) is 14.7 Å². The third kappa shape index (κ3) is 3.63. The Bertz CT molecular complexity index is 903. The highest BCUT2D eigenvalue weighted by Gasteiger charge is 2.22. The molecule has 0 saturated heterocycles. The molecule has 3 rings (SSSR count). The molecule has 1 aromatic carbocycles. The predicted octanol–water partition coefficient (Wildman–Crippen LogP) is 2.36. The van der Waals surface area contributed by atoms with Crippen LogP contribution in [0.1, 0.15) is 16.1 Å². The number of benzene rings is 1. The van der Waals surface area contributed by atoms with E-state index in [1.54, 1.807) is 36.4 Å². The Morgan fingerprint density at radius 2 is 1.96 bits per heavy atom. The van der Waals surface area contributed by atoms with Crippen molar-refractivity contribution in [2.45, 2.75) is 10.9 Å². The molecule has 3 aromatic rings. The molecule has 2 heterocycles. The number of hydrogen-bond acceptors (Lipinski definition) is 7. The highest BCUT2D eigenvalue weighted by Crippen LogP contribution is 2.19. The van der Waals surface area contributed by atoms with Gasteiger partial charge in [0.2, 0.25) is 15.0 Å². The highest BCUT2D eigenvalue weighted by atomic mass is 32.2. The quantitative estimate of drug-likeness (QED) is 0.758. The van der Waals surface area contributed by atoms with Gasteiger partial charge in [-0.05, 0) is 17.7 Å². The van der Waals surface area contributed by atoms with Gasteiger partial charge in [-0.15, -0.1) is 0 Å². The van der Waals surface area contributed by atoms with E-state index in [1.165, 1.54) is 12.3 Å². The van der Waals surface area contributed by atoms with E-state index in [-0.39, 0.29) is 21.8 Å². The van der Waals surface area contributed by atoms with Crippen LogP contribution >= 0.6 is 11.5 Å². The van der Waals surface area contributed by atoms with E-state index in [9.17, 15) is 13.2 Å². The first-order chi connectivity index (χ1) is 11.0. The summed E-state index contributed by atoms with van der Waals surface area (Å²) >= 11 is 0.799. The molecule has 118 valence electrons. The second-order valence-corrected chi connectivity index (χ2v) is 7.19. The lowest BCUT2D eigenvalue weighted by Crippen LogP contribution is -2.11. The van der Waals surface area contributed by atoms with Gasteiger partial charge in [0, 0.05) is 11.5 Å². The Morgan fingerprint density at radius 1 is 1.17 bits per heavy atom. The average Bonchev–Trinajstić information content (AvgIpc) is 3.19. The fourth-order valence-corrected chi connectivity index (χ4v) is 3.90. The molecule has 0 bridgehead atoms. The van der Waals surface area contributed by atoms with Crippen molar-refractivity contribution in [3.05, 3.63) is 60.1 Å². The summed E-state index contributed by atoms with van der Waals surface area (Å²) in [5, 5.41) is 2.24. The van der Waals surface area contributed by atoms with Gasteiger partial charge in [-0.1, -0.05) is 30.3 Å². The van der Waals surface area contributed by atoms with Gasteiger partial charge in [0.1, 0.15) is 0 Å². The zero-order valence-electron chi connectivity index (χ0n) is 11.7. The molecule has 9 heteroatoms. The van der Waals surface area contributed by atoms with Gasteiger partial charge in [0.25, 0.3) is 11.1 Å². The molecule has 2 aromatic heterocycles. The van der Waals surface area contributed by atoms with E-state index in [1.807, 2.05) is 0 Å². The lowest BCUT2D eigenvalue weighted by atomic mass is 10.2. The molecule has 0 fully saturated rings. The zero-order chi connectivity index (χ0) is 16.3. The number of rotatable bonds is 5. The predicted molar refractivity (Wildman–Crippen MR) is 83.9 cm³/mol. The van der Waals surface area contributed by atoms with Gasteiger partial charge in [0.05, 0.1) is 12.0 Å². The van der Waals surface area contributed by atoms with Gasteiger partial charge in [-0.2, -0.15) is 9.36 Å². The lowest BCUT2D eigenvalue weighted by Gasteiger charge is -2.00. The normalized spacial score (nSPS) is 11.3. The van der Waals surface area contributed by atoms with Crippen molar-refractivity contribution in [1.82, 2.24) is 9.36 Å². The summed E-state index contributed by atoms with van der Waals surface area (Å²) < 4.78 is 33.3. The Kier molecular flexibility index (Phi) is 4.22. The molecule has 0 radical (unpaired) electrons. The van der Waals surface area contributed by atoms with Crippen molar-refractivity contribution in [1.29, 1.82) is 0 Å². The van der Waals surface area contributed by atoms with Crippen molar-refractivity contribution in [3.63, 3.8) is 0 Å². The number of aromatic nitrogens is 2. The molecule has 0 unspecified atom stereocenters. The lowest BCUT2D eigenvalue weighted by molar-refractivity contribution is 0.0996. The first-order valence-corrected chi connectivity index (χ1v) is 8.92. The maximum Gasteiger partial charge on any atom is 0.293 e. The topological polar surface area (TPSA) is 102 Å². The van der Waals surface area contributed by atoms with Crippen LogP contribution in [-0.4, -0.2) is 23.7 Å². The molecular formula is C14H11N3O4S2. The Labute approximate surface area is 136 Å². The van der Waals surface area contributed by atoms with Crippen LogP contribution in [0.25, 0.3) is 0 Å². The number of nitrogens with one attached hydrogen (secondary N) is 1. The van der Waals surface area contributed by atoms with E-state index < -0.39 is 15.7 Å². The molecule has 0 saturated carbocycles. The number of carbonyl (C=O) groups is 1. The number of furan rings is 1. The van der Waals surface area contributed by atoms with Crippen molar-refractivity contribution >= 4 is 32.4 Å². The summed E-state index contributed by atoms with van der Waals surface area (Å²) in [6.45, 7) is 0. The third-order valence-electron chi connectivity index (χ3n) is 2.85. The molecular weight excluding hydrogens is 338 g/mol. The van der Waals surface area contributed by atoms with Gasteiger partial charge >= 0.3 is 0 Å². The number of amides is 1. The molecule has 0 aliphatic carbocycles. The Morgan fingerprint density at radius 3 is 2.65 bits per heavy atom. The number of anilines is 1. The molecule has 0 aliphatic rings. The van der Waals surface area contributed by atoms with Crippen molar-refractivity contribution < 1.29 is 17.6 Å². The Balaban J connectivity index is 1.74. The van der Waals surface area contributed by atoms with Gasteiger partial charge < -0.3 is 4.42 Å². The first kappa shape index (κ1) is 15.4. The zero-order valence-corrected chi connectivity index (χ0v) is 13.3. The minimum atomic E-state index is -3.67. The fourth-order valence-electron chi connectivity index (χ4n) is 1.81. The molecule has 7 nitrogen and oxygen atoms in total. The van der Waals surface area contributed by atoms with Crippen LogP contribution in [0.15, 0.2) is 58.3 Å². The standard InChI is InChI=1S/C14H11N3O4S2/c18-12(11-7-4-8-21-11)15-13-16-14(17-22-13)23(19,20)9-10-5-2-1-3-6-10/h1-8H,9H2,(H,15,16,17,18). The van der Waals surface area contributed by atoms with Gasteiger partial charge in [-0.3, -0.25) is 10.1 Å². The summed E-state index contributed by atoms with van der Waals surface area (Å²) in [5.41, 5.74) is 0.642. The minimum absolute atomic E-state index is 0.0954. The van der Waals surface area contributed by atoms with Crippen LogP contribution < -0.4 is 5.32 Å². The SMILES string of the molecule is O=C(Nc1nc(S(=O)(=O)Cc2ccccc2)ns1)c1ccco1. The molecule has 23 heavy (non-hydrogen) atoms.